The highest BCUT2D eigenvalue weighted by atomic mass is 35.5. The molecule has 2 aromatic rings. The van der Waals surface area contributed by atoms with Crippen LogP contribution in [0.2, 0.25) is 5.02 Å². The number of ether oxygens (including phenoxy) is 2. The molecule has 1 N–H and O–H groups in total. The normalized spacial score (nSPS) is 20.9. The van der Waals surface area contributed by atoms with Gasteiger partial charge in [0.25, 0.3) is 0 Å². The number of fused-ring (bicyclic) bond motifs is 1. The van der Waals surface area contributed by atoms with E-state index in [1.54, 1.807) is 0 Å². The highest BCUT2D eigenvalue weighted by molar-refractivity contribution is 6.31. The van der Waals surface area contributed by atoms with E-state index in [0.717, 1.165) is 54.0 Å². The van der Waals surface area contributed by atoms with Crippen LogP contribution in [-0.4, -0.2) is 37.8 Å². The lowest BCUT2D eigenvalue weighted by Gasteiger charge is -2.34. The monoisotopic (exact) mass is 345 g/mol. The number of pyridine rings is 1. The van der Waals surface area contributed by atoms with E-state index in [-0.39, 0.29) is 6.10 Å². The fraction of sp³-hybridized carbons (Fsp3) is 0.389. The van der Waals surface area contributed by atoms with Gasteiger partial charge in [-0.3, -0.25) is 0 Å². The number of aromatic nitrogens is 1. The standard InChI is InChI=1S/C18H20ClN3O2/c19-15-4-2-1-3-14(15)16-12-22(8-10-23-16)17-6-5-13-11-20-7-9-24-18(13)21-17/h1-6,16,20H,7-12H2. The van der Waals surface area contributed by atoms with Crippen molar-refractivity contribution in [2.45, 2.75) is 12.6 Å². The molecule has 6 heteroatoms. The van der Waals surface area contributed by atoms with E-state index in [1.165, 1.54) is 0 Å². The van der Waals surface area contributed by atoms with Crippen molar-refractivity contribution >= 4 is 17.4 Å². The van der Waals surface area contributed by atoms with Crippen molar-refractivity contribution in [2.75, 3.05) is 37.7 Å². The number of anilines is 1. The Morgan fingerprint density at radius 1 is 1.17 bits per heavy atom. The third-order valence-corrected chi connectivity index (χ3v) is 4.74. The minimum Gasteiger partial charge on any atom is -0.476 e. The summed E-state index contributed by atoms with van der Waals surface area (Å²) < 4.78 is 11.7. The molecule has 0 bridgehead atoms. The van der Waals surface area contributed by atoms with Crippen LogP contribution in [0.4, 0.5) is 5.82 Å². The maximum Gasteiger partial charge on any atom is 0.219 e. The average Bonchev–Trinajstić information content (AvgIpc) is 2.87. The Morgan fingerprint density at radius 3 is 3.00 bits per heavy atom. The molecule has 126 valence electrons. The molecule has 1 aromatic heterocycles. The molecule has 0 saturated carbocycles. The maximum absolute atomic E-state index is 6.32. The number of nitrogens with one attached hydrogen (secondary N) is 1. The Morgan fingerprint density at radius 2 is 2.08 bits per heavy atom. The lowest BCUT2D eigenvalue weighted by Crippen LogP contribution is -2.39. The summed E-state index contributed by atoms with van der Waals surface area (Å²) in [6.45, 7) is 4.48. The minimum atomic E-state index is -0.0457. The predicted molar refractivity (Wildman–Crippen MR) is 93.8 cm³/mol. The van der Waals surface area contributed by atoms with Gasteiger partial charge >= 0.3 is 0 Å². The van der Waals surface area contributed by atoms with Gasteiger partial charge < -0.3 is 19.7 Å². The Hall–Kier alpha value is -1.82. The maximum atomic E-state index is 6.32. The molecule has 2 aliphatic rings. The lowest BCUT2D eigenvalue weighted by atomic mass is 10.1. The largest absolute Gasteiger partial charge is 0.476 e. The van der Waals surface area contributed by atoms with Gasteiger partial charge in [-0.2, -0.15) is 4.98 Å². The summed E-state index contributed by atoms with van der Waals surface area (Å²) in [4.78, 5) is 6.96. The molecule has 5 nitrogen and oxygen atoms in total. The number of benzene rings is 1. The number of hydrogen-bond acceptors (Lipinski definition) is 5. The van der Waals surface area contributed by atoms with E-state index in [4.69, 9.17) is 26.1 Å². The lowest BCUT2D eigenvalue weighted by molar-refractivity contribution is 0.0395. The smallest absolute Gasteiger partial charge is 0.219 e. The number of hydrogen-bond donors (Lipinski definition) is 1. The highest BCUT2D eigenvalue weighted by Gasteiger charge is 2.25. The first-order chi connectivity index (χ1) is 11.8. The summed E-state index contributed by atoms with van der Waals surface area (Å²) in [5.41, 5.74) is 2.13. The van der Waals surface area contributed by atoms with E-state index in [2.05, 4.69) is 22.3 Å². The van der Waals surface area contributed by atoms with E-state index < -0.39 is 0 Å². The molecule has 1 unspecified atom stereocenters. The van der Waals surface area contributed by atoms with Crippen LogP contribution < -0.4 is 15.0 Å². The van der Waals surface area contributed by atoms with Gasteiger partial charge in [0, 0.05) is 42.3 Å². The number of nitrogens with zero attached hydrogens (tertiary/aromatic N) is 2. The summed E-state index contributed by atoms with van der Waals surface area (Å²) in [6.07, 6.45) is -0.0457. The van der Waals surface area contributed by atoms with Crippen molar-refractivity contribution < 1.29 is 9.47 Å². The molecule has 3 heterocycles. The van der Waals surface area contributed by atoms with Crippen LogP contribution in [0.5, 0.6) is 5.88 Å². The summed E-state index contributed by atoms with van der Waals surface area (Å²) in [7, 11) is 0. The van der Waals surface area contributed by atoms with E-state index in [1.807, 2.05) is 24.3 Å². The second-order valence-electron chi connectivity index (χ2n) is 5.99. The number of rotatable bonds is 2. The van der Waals surface area contributed by atoms with Gasteiger partial charge in [0.15, 0.2) is 0 Å². The Labute approximate surface area is 146 Å². The van der Waals surface area contributed by atoms with Crippen molar-refractivity contribution in [3.63, 3.8) is 0 Å². The van der Waals surface area contributed by atoms with Crippen LogP contribution in [0.1, 0.15) is 17.2 Å². The van der Waals surface area contributed by atoms with Gasteiger partial charge in [-0.05, 0) is 18.2 Å². The van der Waals surface area contributed by atoms with E-state index in [9.17, 15) is 0 Å². The van der Waals surface area contributed by atoms with Crippen molar-refractivity contribution in [3.05, 3.63) is 52.5 Å². The quantitative estimate of drug-likeness (QED) is 0.907. The Balaban J connectivity index is 1.56. The molecule has 0 spiro atoms. The third kappa shape index (κ3) is 3.20. The molecular formula is C18H20ClN3O2. The number of morpholine rings is 1. The second kappa shape index (κ2) is 6.97. The first-order valence-electron chi connectivity index (χ1n) is 8.26. The van der Waals surface area contributed by atoms with Gasteiger partial charge in [0.2, 0.25) is 5.88 Å². The van der Waals surface area contributed by atoms with Gasteiger partial charge in [0.05, 0.1) is 6.61 Å². The molecule has 24 heavy (non-hydrogen) atoms. The Bertz CT molecular complexity index is 725. The van der Waals surface area contributed by atoms with Crippen molar-refractivity contribution in [1.29, 1.82) is 0 Å². The summed E-state index contributed by atoms with van der Waals surface area (Å²) in [6, 6.07) is 12.0. The highest BCUT2D eigenvalue weighted by Crippen LogP contribution is 2.31. The molecule has 0 amide bonds. The van der Waals surface area contributed by atoms with Gasteiger partial charge in [-0.15, -0.1) is 0 Å². The molecule has 0 radical (unpaired) electrons. The van der Waals surface area contributed by atoms with Gasteiger partial charge in [-0.25, -0.2) is 0 Å². The van der Waals surface area contributed by atoms with Crippen LogP contribution >= 0.6 is 11.6 Å². The fourth-order valence-electron chi connectivity index (χ4n) is 3.12. The first kappa shape index (κ1) is 15.7. The average molecular weight is 346 g/mol. The second-order valence-corrected chi connectivity index (χ2v) is 6.39. The topological polar surface area (TPSA) is 46.6 Å². The van der Waals surface area contributed by atoms with Crippen molar-refractivity contribution in [1.82, 2.24) is 10.3 Å². The molecule has 1 fully saturated rings. The van der Waals surface area contributed by atoms with E-state index in [0.29, 0.717) is 13.2 Å². The molecule has 1 atom stereocenters. The molecule has 1 aromatic carbocycles. The van der Waals surface area contributed by atoms with Crippen LogP contribution in [-0.2, 0) is 11.3 Å². The van der Waals surface area contributed by atoms with Crippen molar-refractivity contribution in [3.8, 4) is 5.88 Å². The zero-order chi connectivity index (χ0) is 16.4. The summed E-state index contributed by atoms with van der Waals surface area (Å²) in [5, 5.41) is 4.07. The van der Waals surface area contributed by atoms with Crippen molar-refractivity contribution in [2.24, 2.45) is 0 Å². The molecule has 2 aliphatic heterocycles. The zero-order valence-corrected chi connectivity index (χ0v) is 14.1. The van der Waals surface area contributed by atoms with Crippen LogP contribution in [0.25, 0.3) is 0 Å². The van der Waals surface area contributed by atoms with Gasteiger partial charge in [-0.1, -0.05) is 29.8 Å². The van der Waals surface area contributed by atoms with Gasteiger partial charge in [0.1, 0.15) is 18.5 Å². The predicted octanol–water partition coefficient (Wildman–Crippen LogP) is 2.79. The first-order valence-corrected chi connectivity index (χ1v) is 8.63. The molecule has 4 rings (SSSR count). The summed E-state index contributed by atoms with van der Waals surface area (Å²) in [5.74, 6) is 1.66. The number of halogens is 1. The SMILES string of the molecule is Clc1ccccc1C1CN(c2ccc3c(n2)OCCNC3)CCO1. The third-order valence-electron chi connectivity index (χ3n) is 4.40. The minimum absolute atomic E-state index is 0.0457. The molecule has 0 aliphatic carbocycles. The fourth-order valence-corrected chi connectivity index (χ4v) is 3.38. The van der Waals surface area contributed by atoms with Crippen LogP contribution in [0.15, 0.2) is 36.4 Å². The molecular weight excluding hydrogens is 326 g/mol. The van der Waals surface area contributed by atoms with Crippen LogP contribution in [0.3, 0.4) is 0 Å². The zero-order valence-electron chi connectivity index (χ0n) is 13.4. The van der Waals surface area contributed by atoms with E-state index >= 15 is 0 Å². The molecule has 1 saturated heterocycles. The summed E-state index contributed by atoms with van der Waals surface area (Å²) >= 11 is 6.32. The van der Waals surface area contributed by atoms with Crippen LogP contribution in [0, 0.1) is 0 Å². The Kier molecular flexibility index (Phi) is 4.56.